The smallest absolute Gasteiger partial charge is 0.255 e. The topological polar surface area (TPSA) is 103 Å². The van der Waals surface area contributed by atoms with E-state index < -0.39 is 5.41 Å². The van der Waals surface area contributed by atoms with E-state index in [1.165, 1.54) is 0 Å². The Hall–Kier alpha value is -3.80. The molecule has 1 unspecified atom stereocenters. The van der Waals surface area contributed by atoms with Crippen molar-refractivity contribution in [3.63, 3.8) is 0 Å². The fourth-order valence-corrected chi connectivity index (χ4v) is 4.22. The van der Waals surface area contributed by atoms with Crippen molar-refractivity contribution in [3.05, 3.63) is 71.7 Å². The first-order chi connectivity index (χ1) is 17.3. The third-order valence-electron chi connectivity index (χ3n) is 6.39. The molecule has 4 rings (SSSR count). The van der Waals surface area contributed by atoms with E-state index in [0.29, 0.717) is 23.6 Å². The summed E-state index contributed by atoms with van der Waals surface area (Å²) >= 11 is 0. The van der Waals surface area contributed by atoms with Gasteiger partial charge in [-0.1, -0.05) is 6.07 Å². The molecule has 1 aliphatic rings. The number of aromatic nitrogens is 2. The number of nitrogens with zero attached hydrogens (tertiary/aromatic N) is 4. The zero-order chi connectivity index (χ0) is 25.7. The van der Waals surface area contributed by atoms with Gasteiger partial charge in [-0.2, -0.15) is 5.26 Å². The van der Waals surface area contributed by atoms with Gasteiger partial charge in [0.2, 0.25) is 0 Å². The first-order valence-corrected chi connectivity index (χ1v) is 12.1. The molecule has 0 bridgehead atoms. The summed E-state index contributed by atoms with van der Waals surface area (Å²) in [6.45, 7) is 8.65. The van der Waals surface area contributed by atoms with Crippen LogP contribution in [0.4, 0.5) is 11.5 Å². The van der Waals surface area contributed by atoms with Crippen molar-refractivity contribution in [3.8, 4) is 17.2 Å². The second kappa shape index (κ2) is 10.9. The summed E-state index contributed by atoms with van der Waals surface area (Å²) in [6, 6.07) is 15.5. The van der Waals surface area contributed by atoms with E-state index in [4.69, 9.17) is 4.74 Å². The lowest BCUT2D eigenvalue weighted by atomic mass is 9.90. The van der Waals surface area contributed by atoms with E-state index in [0.717, 1.165) is 42.1 Å². The number of morpholine rings is 1. The van der Waals surface area contributed by atoms with E-state index in [2.05, 4.69) is 44.6 Å². The summed E-state index contributed by atoms with van der Waals surface area (Å²) in [5.41, 5.74) is 4.09. The van der Waals surface area contributed by atoms with Gasteiger partial charge in [0, 0.05) is 43.3 Å². The maximum Gasteiger partial charge on any atom is 0.255 e. The lowest BCUT2D eigenvalue weighted by Gasteiger charge is -2.33. The van der Waals surface area contributed by atoms with Crippen molar-refractivity contribution < 1.29 is 9.53 Å². The fourth-order valence-electron chi connectivity index (χ4n) is 4.22. The molecule has 2 aromatic heterocycles. The molecule has 0 spiro atoms. The molecule has 1 atom stereocenters. The van der Waals surface area contributed by atoms with Gasteiger partial charge in [0.1, 0.15) is 5.82 Å². The maximum atomic E-state index is 13.0. The van der Waals surface area contributed by atoms with E-state index in [9.17, 15) is 10.1 Å². The van der Waals surface area contributed by atoms with Crippen molar-refractivity contribution in [1.82, 2.24) is 15.3 Å². The maximum absolute atomic E-state index is 13.0. The summed E-state index contributed by atoms with van der Waals surface area (Å²) in [7, 11) is 1.93. The number of pyridine rings is 2. The standard InChI is InChI=1S/C28H32N6O2/c1-19-5-6-22(33-27(35)21-8-9-31-25(13-21)28(2,3)18-29)15-24(19)20-7-10-32-26(14-20)34-11-12-36-23(17-34)16-30-4/h5-10,13-15,23,30H,11-12,16-17H2,1-4H3,(H,33,35). The molecule has 0 aliphatic carbocycles. The highest BCUT2D eigenvalue weighted by Crippen LogP contribution is 2.29. The van der Waals surface area contributed by atoms with Crippen molar-refractivity contribution in [2.75, 3.05) is 43.5 Å². The molecule has 8 nitrogen and oxygen atoms in total. The van der Waals surface area contributed by atoms with Crippen molar-refractivity contribution in [1.29, 1.82) is 5.26 Å². The average molecular weight is 485 g/mol. The summed E-state index contributed by atoms with van der Waals surface area (Å²) in [5.74, 6) is 0.664. The van der Waals surface area contributed by atoms with E-state index >= 15 is 0 Å². The quantitative estimate of drug-likeness (QED) is 0.524. The molecular weight excluding hydrogens is 452 g/mol. The number of likely N-dealkylation sites (N-methyl/N-ethyl adjacent to an activating group) is 1. The third kappa shape index (κ3) is 5.70. The molecule has 8 heteroatoms. The van der Waals surface area contributed by atoms with Gasteiger partial charge in [-0.15, -0.1) is 0 Å². The Labute approximate surface area is 212 Å². The van der Waals surface area contributed by atoms with Crippen molar-refractivity contribution in [2.45, 2.75) is 32.3 Å². The zero-order valence-corrected chi connectivity index (χ0v) is 21.2. The van der Waals surface area contributed by atoms with Crippen molar-refractivity contribution in [2.24, 2.45) is 0 Å². The number of anilines is 2. The van der Waals surface area contributed by atoms with Crippen molar-refractivity contribution >= 4 is 17.4 Å². The highest BCUT2D eigenvalue weighted by molar-refractivity contribution is 6.04. The number of carbonyl (C=O) groups is 1. The lowest BCUT2D eigenvalue weighted by molar-refractivity contribution is 0.0419. The van der Waals surface area contributed by atoms with Crippen LogP contribution in [0.25, 0.3) is 11.1 Å². The Morgan fingerprint density at radius 1 is 1.19 bits per heavy atom. The van der Waals surface area contributed by atoms with Crippen LogP contribution < -0.4 is 15.5 Å². The SMILES string of the molecule is CNCC1CN(c2cc(-c3cc(NC(=O)c4ccnc(C(C)(C)C#N)c4)ccc3C)ccn2)CCO1. The third-order valence-corrected chi connectivity index (χ3v) is 6.39. The zero-order valence-electron chi connectivity index (χ0n) is 21.2. The predicted octanol–water partition coefficient (Wildman–Crippen LogP) is 3.93. The summed E-state index contributed by atoms with van der Waals surface area (Å²) in [6.07, 6.45) is 3.52. The number of aryl methyl sites for hydroxylation is 1. The molecule has 1 aliphatic heterocycles. The number of amides is 1. The lowest BCUT2D eigenvalue weighted by Crippen LogP contribution is -2.46. The van der Waals surface area contributed by atoms with Gasteiger partial charge < -0.3 is 20.3 Å². The number of rotatable bonds is 7. The highest BCUT2D eigenvalue weighted by atomic mass is 16.5. The van der Waals surface area contributed by atoms with E-state index in [-0.39, 0.29) is 12.0 Å². The van der Waals surface area contributed by atoms with Gasteiger partial charge >= 0.3 is 0 Å². The minimum Gasteiger partial charge on any atom is -0.373 e. The Morgan fingerprint density at radius 2 is 2.00 bits per heavy atom. The van der Waals surface area contributed by atoms with Crippen LogP contribution >= 0.6 is 0 Å². The van der Waals surface area contributed by atoms with Crippen LogP contribution in [0, 0.1) is 18.3 Å². The first kappa shape index (κ1) is 25.3. The highest BCUT2D eigenvalue weighted by Gasteiger charge is 2.23. The van der Waals surface area contributed by atoms with E-state index in [1.807, 2.05) is 37.5 Å². The van der Waals surface area contributed by atoms with Crippen LogP contribution in [0.2, 0.25) is 0 Å². The molecule has 1 fully saturated rings. The molecule has 3 aromatic rings. The van der Waals surface area contributed by atoms with Crippen LogP contribution in [0.1, 0.15) is 35.5 Å². The summed E-state index contributed by atoms with van der Waals surface area (Å²) in [5, 5.41) is 15.6. The molecule has 186 valence electrons. The second-order valence-electron chi connectivity index (χ2n) is 9.55. The normalized spacial score (nSPS) is 15.9. The minimum absolute atomic E-state index is 0.127. The Morgan fingerprint density at radius 3 is 2.78 bits per heavy atom. The van der Waals surface area contributed by atoms with Crippen LogP contribution in [0.5, 0.6) is 0 Å². The average Bonchev–Trinajstić information content (AvgIpc) is 2.90. The number of nitriles is 1. The number of benzene rings is 1. The van der Waals surface area contributed by atoms with Gasteiger partial charge in [-0.3, -0.25) is 9.78 Å². The van der Waals surface area contributed by atoms with Gasteiger partial charge in [0.15, 0.2) is 0 Å². The number of hydrogen-bond acceptors (Lipinski definition) is 7. The fraction of sp³-hybridized carbons (Fsp3) is 0.357. The largest absolute Gasteiger partial charge is 0.373 e. The molecule has 2 N–H and O–H groups in total. The van der Waals surface area contributed by atoms with Gasteiger partial charge in [0.05, 0.1) is 29.9 Å². The minimum atomic E-state index is -0.778. The molecule has 1 amide bonds. The molecule has 36 heavy (non-hydrogen) atoms. The second-order valence-corrected chi connectivity index (χ2v) is 9.55. The van der Waals surface area contributed by atoms with Gasteiger partial charge in [0.25, 0.3) is 5.91 Å². The monoisotopic (exact) mass is 484 g/mol. The predicted molar refractivity (Wildman–Crippen MR) is 141 cm³/mol. The Bertz CT molecular complexity index is 1280. The number of ether oxygens (including phenoxy) is 1. The molecule has 0 radical (unpaired) electrons. The molecule has 0 saturated carbocycles. The van der Waals surface area contributed by atoms with Crippen LogP contribution in [0.3, 0.4) is 0 Å². The molecule has 3 heterocycles. The van der Waals surface area contributed by atoms with E-state index in [1.54, 1.807) is 32.2 Å². The van der Waals surface area contributed by atoms with Gasteiger partial charge in [-0.25, -0.2) is 4.98 Å². The van der Waals surface area contributed by atoms with Crippen LogP contribution in [-0.2, 0) is 10.2 Å². The summed E-state index contributed by atoms with van der Waals surface area (Å²) in [4.78, 5) is 24.1. The van der Waals surface area contributed by atoms with Crippen LogP contribution in [-0.4, -0.2) is 55.3 Å². The number of nitrogens with one attached hydrogen (secondary N) is 2. The van der Waals surface area contributed by atoms with Crippen LogP contribution in [0.15, 0.2) is 54.9 Å². The first-order valence-electron chi connectivity index (χ1n) is 12.1. The Balaban J connectivity index is 1.56. The number of carbonyl (C=O) groups excluding carboxylic acids is 1. The summed E-state index contributed by atoms with van der Waals surface area (Å²) < 4.78 is 5.83. The Kier molecular flexibility index (Phi) is 7.63. The molecular formula is C28H32N6O2. The number of hydrogen-bond donors (Lipinski definition) is 2. The molecule has 1 aromatic carbocycles. The molecule has 1 saturated heterocycles. The van der Waals surface area contributed by atoms with Gasteiger partial charge in [-0.05, 0) is 80.9 Å².